The van der Waals surface area contributed by atoms with E-state index in [0.29, 0.717) is 11.3 Å². The molecule has 0 amide bonds. The SMILES string of the molecule is C=CCN(c1ccccc1)S(=O)(=O)c1cc([N+](=O)[O-])ccc1C. The van der Waals surface area contributed by atoms with Crippen LogP contribution in [0.4, 0.5) is 11.4 Å². The van der Waals surface area contributed by atoms with Crippen LogP contribution >= 0.6 is 0 Å². The standard InChI is InChI=1S/C16H16N2O4S/c1-3-11-17(14-7-5-4-6-8-14)23(21,22)16-12-15(18(19)20)10-9-13(16)2/h3-10,12H,1,11H2,2H3. The topological polar surface area (TPSA) is 80.5 Å². The van der Waals surface area contributed by atoms with Crippen LogP contribution in [0.5, 0.6) is 0 Å². The molecule has 0 radical (unpaired) electrons. The van der Waals surface area contributed by atoms with Gasteiger partial charge in [-0.2, -0.15) is 0 Å². The molecule has 6 nitrogen and oxygen atoms in total. The summed E-state index contributed by atoms with van der Waals surface area (Å²) >= 11 is 0. The van der Waals surface area contributed by atoms with E-state index in [1.165, 1.54) is 22.5 Å². The summed E-state index contributed by atoms with van der Waals surface area (Å²) in [4.78, 5) is 10.2. The monoisotopic (exact) mass is 332 g/mol. The number of nitro groups is 1. The lowest BCUT2D eigenvalue weighted by Gasteiger charge is -2.23. The smallest absolute Gasteiger partial charge is 0.263 e. The number of nitro benzene ring substituents is 1. The molecular formula is C16H16N2O4S. The van der Waals surface area contributed by atoms with Gasteiger partial charge in [0.15, 0.2) is 0 Å². The molecule has 0 saturated heterocycles. The summed E-state index contributed by atoms with van der Waals surface area (Å²) in [6, 6.07) is 12.4. The van der Waals surface area contributed by atoms with Crippen LogP contribution < -0.4 is 4.31 Å². The fourth-order valence-electron chi connectivity index (χ4n) is 2.15. The lowest BCUT2D eigenvalue weighted by molar-refractivity contribution is -0.385. The molecular weight excluding hydrogens is 316 g/mol. The summed E-state index contributed by atoms with van der Waals surface area (Å²) in [5.74, 6) is 0. The number of aryl methyl sites for hydroxylation is 1. The number of rotatable bonds is 6. The third-order valence-electron chi connectivity index (χ3n) is 3.29. The van der Waals surface area contributed by atoms with Crippen LogP contribution in [0.25, 0.3) is 0 Å². The number of sulfonamides is 1. The van der Waals surface area contributed by atoms with Gasteiger partial charge in [-0.3, -0.25) is 14.4 Å². The minimum absolute atomic E-state index is 0.0640. The van der Waals surface area contributed by atoms with Crippen LogP contribution in [0, 0.1) is 17.0 Å². The van der Waals surface area contributed by atoms with E-state index in [1.54, 1.807) is 37.3 Å². The zero-order valence-electron chi connectivity index (χ0n) is 12.5. The van der Waals surface area contributed by atoms with Crippen molar-refractivity contribution in [2.75, 3.05) is 10.8 Å². The molecule has 0 aromatic heterocycles. The molecule has 0 spiro atoms. The quantitative estimate of drug-likeness (QED) is 0.462. The van der Waals surface area contributed by atoms with E-state index < -0.39 is 14.9 Å². The zero-order valence-corrected chi connectivity index (χ0v) is 13.4. The molecule has 2 aromatic carbocycles. The highest BCUT2D eigenvalue weighted by atomic mass is 32.2. The molecule has 0 heterocycles. The maximum absolute atomic E-state index is 13.0. The Morgan fingerprint density at radius 1 is 1.22 bits per heavy atom. The van der Waals surface area contributed by atoms with Crippen LogP contribution in [0.15, 0.2) is 66.1 Å². The maximum atomic E-state index is 13.0. The van der Waals surface area contributed by atoms with E-state index in [4.69, 9.17) is 0 Å². The molecule has 2 rings (SSSR count). The van der Waals surface area contributed by atoms with Gasteiger partial charge >= 0.3 is 0 Å². The van der Waals surface area contributed by atoms with Crippen molar-refractivity contribution in [2.24, 2.45) is 0 Å². The van der Waals surface area contributed by atoms with Crippen molar-refractivity contribution in [1.29, 1.82) is 0 Å². The van der Waals surface area contributed by atoms with Crippen molar-refractivity contribution in [1.82, 2.24) is 0 Å². The Morgan fingerprint density at radius 3 is 2.43 bits per heavy atom. The molecule has 0 atom stereocenters. The fraction of sp³-hybridized carbons (Fsp3) is 0.125. The average molecular weight is 332 g/mol. The van der Waals surface area contributed by atoms with Crippen LogP contribution in [0.3, 0.4) is 0 Å². The Morgan fingerprint density at radius 2 is 1.87 bits per heavy atom. The minimum atomic E-state index is -3.95. The Bertz CT molecular complexity index is 832. The van der Waals surface area contributed by atoms with Crippen LogP contribution in [-0.2, 0) is 10.0 Å². The van der Waals surface area contributed by atoms with Gasteiger partial charge in [-0.1, -0.05) is 30.3 Å². The van der Waals surface area contributed by atoms with Gasteiger partial charge in [0.2, 0.25) is 0 Å². The molecule has 0 aliphatic rings. The molecule has 120 valence electrons. The molecule has 0 fully saturated rings. The van der Waals surface area contributed by atoms with Crippen LogP contribution in [0.2, 0.25) is 0 Å². The highest BCUT2D eigenvalue weighted by Gasteiger charge is 2.27. The van der Waals surface area contributed by atoms with E-state index in [-0.39, 0.29) is 17.1 Å². The molecule has 2 aromatic rings. The lowest BCUT2D eigenvalue weighted by atomic mass is 10.2. The molecule has 0 bridgehead atoms. The maximum Gasteiger partial charge on any atom is 0.270 e. The molecule has 0 aliphatic heterocycles. The first-order valence-electron chi connectivity index (χ1n) is 6.81. The van der Waals surface area contributed by atoms with Crippen molar-refractivity contribution >= 4 is 21.4 Å². The van der Waals surface area contributed by atoms with Crippen molar-refractivity contribution in [3.63, 3.8) is 0 Å². The number of non-ortho nitro benzene ring substituents is 1. The lowest BCUT2D eigenvalue weighted by Crippen LogP contribution is -2.31. The largest absolute Gasteiger partial charge is 0.270 e. The Hall–Kier alpha value is -2.67. The predicted molar refractivity (Wildman–Crippen MR) is 89.0 cm³/mol. The summed E-state index contributed by atoms with van der Waals surface area (Å²) in [5.41, 5.74) is 0.652. The highest BCUT2D eigenvalue weighted by Crippen LogP contribution is 2.28. The molecule has 0 saturated carbocycles. The number of hydrogen-bond acceptors (Lipinski definition) is 4. The van der Waals surface area contributed by atoms with E-state index in [1.807, 2.05) is 0 Å². The third kappa shape index (κ3) is 3.40. The van der Waals surface area contributed by atoms with Crippen molar-refractivity contribution in [3.05, 3.63) is 76.9 Å². The van der Waals surface area contributed by atoms with Gasteiger partial charge in [0, 0.05) is 12.1 Å². The average Bonchev–Trinajstić information content (AvgIpc) is 2.53. The Balaban J connectivity index is 2.61. The van der Waals surface area contributed by atoms with Crippen molar-refractivity contribution < 1.29 is 13.3 Å². The van der Waals surface area contributed by atoms with Gasteiger partial charge in [-0.05, 0) is 24.6 Å². The molecule has 7 heteroatoms. The summed E-state index contributed by atoms with van der Waals surface area (Å²) in [6.45, 7) is 5.26. The van der Waals surface area contributed by atoms with Gasteiger partial charge in [-0.25, -0.2) is 8.42 Å². The van der Waals surface area contributed by atoms with E-state index in [9.17, 15) is 18.5 Å². The molecule has 0 aliphatic carbocycles. The second-order valence-corrected chi connectivity index (χ2v) is 6.70. The third-order valence-corrected chi connectivity index (χ3v) is 5.23. The number of benzene rings is 2. The highest BCUT2D eigenvalue weighted by molar-refractivity contribution is 7.92. The fourth-order valence-corrected chi connectivity index (χ4v) is 3.84. The van der Waals surface area contributed by atoms with E-state index in [0.717, 1.165) is 6.07 Å². The van der Waals surface area contributed by atoms with Crippen LogP contribution in [-0.4, -0.2) is 19.9 Å². The summed E-state index contributed by atoms with van der Waals surface area (Å²) in [5, 5.41) is 10.9. The van der Waals surface area contributed by atoms with E-state index >= 15 is 0 Å². The van der Waals surface area contributed by atoms with Gasteiger partial charge < -0.3 is 0 Å². The summed E-state index contributed by atoms with van der Waals surface area (Å²) in [7, 11) is -3.95. The first-order valence-corrected chi connectivity index (χ1v) is 8.25. The second-order valence-electron chi connectivity index (χ2n) is 4.87. The number of para-hydroxylation sites is 1. The first kappa shape index (κ1) is 16.7. The molecule has 0 N–H and O–H groups in total. The van der Waals surface area contributed by atoms with Crippen molar-refractivity contribution in [2.45, 2.75) is 11.8 Å². The van der Waals surface area contributed by atoms with E-state index in [2.05, 4.69) is 6.58 Å². The zero-order chi connectivity index (χ0) is 17.0. The molecule has 0 unspecified atom stereocenters. The number of nitrogens with zero attached hydrogens (tertiary/aromatic N) is 2. The number of hydrogen-bond donors (Lipinski definition) is 0. The predicted octanol–water partition coefficient (Wildman–Crippen LogP) is 3.28. The number of anilines is 1. The van der Waals surface area contributed by atoms with Crippen molar-refractivity contribution in [3.8, 4) is 0 Å². The summed E-state index contributed by atoms with van der Waals surface area (Å²) < 4.78 is 27.1. The summed E-state index contributed by atoms with van der Waals surface area (Å²) in [6.07, 6.45) is 1.47. The van der Waals surface area contributed by atoms with Gasteiger partial charge in [0.1, 0.15) is 0 Å². The van der Waals surface area contributed by atoms with Gasteiger partial charge in [-0.15, -0.1) is 6.58 Å². The first-order chi connectivity index (χ1) is 10.9. The second kappa shape index (κ2) is 6.62. The van der Waals surface area contributed by atoms with Gasteiger partial charge in [0.05, 0.1) is 22.1 Å². The minimum Gasteiger partial charge on any atom is -0.263 e. The van der Waals surface area contributed by atoms with Crippen LogP contribution in [0.1, 0.15) is 5.56 Å². The van der Waals surface area contributed by atoms with Gasteiger partial charge in [0.25, 0.3) is 15.7 Å². The Labute approximate surface area is 134 Å². The molecule has 23 heavy (non-hydrogen) atoms. The Kier molecular flexibility index (Phi) is 4.80. The normalized spacial score (nSPS) is 11.0.